The Morgan fingerprint density at radius 3 is 2.67 bits per heavy atom. The van der Waals surface area contributed by atoms with Gasteiger partial charge in [0.25, 0.3) is 5.91 Å². The Balaban J connectivity index is 1.51. The fourth-order valence-corrected chi connectivity index (χ4v) is 3.37. The number of carbonyl (C=O) groups is 3. The summed E-state index contributed by atoms with van der Waals surface area (Å²) in [7, 11) is 0. The van der Waals surface area contributed by atoms with E-state index in [1.165, 1.54) is 6.07 Å². The van der Waals surface area contributed by atoms with Gasteiger partial charge in [0, 0.05) is 6.54 Å². The zero-order chi connectivity index (χ0) is 17.2. The highest BCUT2D eigenvalue weighted by molar-refractivity contribution is 6.09. The van der Waals surface area contributed by atoms with E-state index < -0.39 is 17.5 Å². The van der Waals surface area contributed by atoms with Crippen LogP contribution < -0.4 is 10.6 Å². The van der Waals surface area contributed by atoms with E-state index in [4.69, 9.17) is 0 Å². The molecule has 0 unspecified atom stereocenters. The van der Waals surface area contributed by atoms with Gasteiger partial charge < -0.3 is 10.6 Å². The van der Waals surface area contributed by atoms with Crippen LogP contribution in [-0.4, -0.2) is 41.4 Å². The second-order valence-electron chi connectivity index (χ2n) is 6.30. The van der Waals surface area contributed by atoms with E-state index >= 15 is 0 Å². The lowest BCUT2D eigenvalue weighted by atomic mass is 9.98. The smallest absolute Gasteiger partial charge is 0.325 e. The Morgan fingerprint density at radius 2 is 1.96 bits per heavy atom. The highest BCUT2D eigenvalue weighted by atomic mass is 19.1. The molecule has 1 aromatic carbocycles. The molecule has 1 aliphatic heterocycles. The molecule has 7 heteroatoms. The number of hydrogen-bond acceptors (Lipinski definition) is 3. The third-order valence-corrected chi connectivity index (χ3v) is 4.68. The largest absolute Gasteiger partial charge is 0.354 e. The quantitative estimate of drug-likeness (QED) is 0.799. The van der Waals surface area contributed by atoms with Gasteiger partial charge in [0.2, 0.25) is 5.91 Å². The van der Waals surface area contributed by atoms with Crippen LogP contribution in [0.3, 0.4) is 0 Å². The van der Waals surface area contributed by atoms with Crippen molar-refractivity contribution in [2.45, 2.75) is 37.6 Å². The number of hydrogen-bond donors (Lipinski definition) is 2. The van der Waals surface area contributed by atoms with Crippen LogP contribution in [0.5, 0.6) is 0 Å². The predicted octanol–water partition coefficient (Wildman–Crippen LogP) is 1.35. The lowest BCUT2D eigenvalue weighted by molar-refractivity contribution is -0.134. The average molecular weight is 333 g/mol. The molecule has 1 aromatic rings. The van der Waals surface area contributed by atoms with Crippen molar-refractivity contribution in [3.8, 4) is 0 Å². The van der Waals surface area contributed by atoms with Gasteiger partial charge in [-0.3, -0.25) is 14.5 Å². The Morgan fingerprint density at radius 1 is 1.25 bits per heavy atom. The number of benzene rings is 1. The normalized spacial score (nSPS) is 19.0. The molecule has 1 heterocycles. The van der Waals surface area contributed by atoms with E-state index in [2.05, 4.69) is 10.6 Å². The summed E-state index contributed by atoms with van der Waals surface area (Å²) < 4.78 is 13.5. The molecule has 1 aliphatic carbocycles. The van der Waals surface area contributed by atoms with E-state index in [1.54, 1.807) is 18.2 Å². The molecular weight excluding hydrogens is 313 g/mol. The molecular formula is C17H20FN3O3. The first kappa shape index (κ1) is 16.4. The Kier molecular flexibility index (Phi) is 4.51. The second-order valence-corrected chi connectivity index (χ2v) is 6.30. The van der Waals surface area contributed by atoms with Crippen LogP contribution in [0.2, 0.25) is 0 Å². The second kappa shape index (κ2) is 6.59. The molecule has 2 aliphatic rings. The molecule has 1 saturated carbocycles. The molecule has 4 amide bonds. The monoisotopic (exact) mass is 333 g/mol. The van der Waals surface area contributed by atoms with Crippen LogP contribution in [0.15, 0.2) is 24.3 Å². The molecule has 1 spiro atoms. The highest BCUT2D eigenvalue weighted by Gasteiger charge is 2.52. The lowest BCUT2D eigenvalue weighted by Crippen LogP contribution is -2.45. The Bertz CT molecular complexity index is 671. The highest BCUT2D eigenvalue weighted by Crippen LogP contribution is 2.34. The third kappa shape index (κ3) is 3.11. The Hall–Kier alpha value is -2.44. The van der Waals surface area contributed by atoms with E-state index in [0.29, 0.717) is 24.8 Å². The van der Waals surface area contributed by atoms with Crippen molar-refractivity contribution in [1.29, 1.82) is 0 Å². The van der Waals surface area contributed by atoms with Crippen molar-refractivity contribution >= 4 is 17.8 Å². The Labute approximate surface area is 139 Å². The van der Waals surface area contributed by atoms with Gasteiger partial charge >= 0.3 is 6.03 Å². The summed E-state index contributed by atoms with van der Waals surface area (Å²) in [5.74, 6) is -1.05. The summed E-state index contributed by atoms with van der Waals surface area (Å²) in [5, 5.41) is 5.36. The molecule has 0 radical (unpaired) electrons. The molecule has 24 heavy (non-hydrogen) atoms. The van der Waals surface area contributed by atoms with Crippen LogP contribution in [0.25, 0.3) is 0 Å². The van der Waals surface area contributed by atoms with E-state index in [0.717, 1.165) is 17.7 Å². The third-order valence-electron chi connectivity index (χ3n) is 4.68. The fourth-order valence-electron chi connectivity index (χ4n) is 3.37. The molecule has 6 nitrogen and oxygen atoms in total. The minimum atomic E-state index is -0.801. The number of nitrogens with one attached hydrogen (secondary N) is 2. The molecule has 128 valence electrons. The van der Waals surface area contributed by atoms with Crippen molar-refractivity contribution < 1.29 is 18.8 Å². The number of amides is 4. The van der Waals surface area contributed by atoms with Gasteiger partial charge in [0.15, 0.2) is 0 Å². The van der Waals surface area contributed by atoms with Crippen molar-refractivity contribution in [3.63, 3.8) is 0 Å². The molecule has 0 atom stereocenters. The van der Waals surface area contributed by atoms with Crippen molar-refractivity contribution in [1.82, 2.24) is 15.5 Å². The number of rotatable bonds is 5. The lowest BCUT2D eigenvalue weighted by Gasteiger charge is -2.19. The number of imide groups is 1. The number of carbonyl (C=O) groups excluding carboxylic acids is 3. The maximum atomic E-state index is 13.5. The average Bonchev–Trinajstić information content (AvgIpc) is 3.11. The standard InChI is InChI=1S/C17H20FN3O3/c18-13-6-2-1-5-12(13)7-10-19-14(22)11-21-15(23)17(20-16(21)24)8-3-4-9-17/h1-2,5-6H,3-4,7-11H2,(H,19,22)(H,20,24). The van der Waals surface area contributed by atoms with Gasteiger partial charge in [-0.2, -0.15) is 0 Å². The zero-order valence-corrected chi connectivity index (χ0v) is 13.3. The van der Waals surface area contributed by atoms with E-state index in [-0.39, 0.29) is 24.8 Å². The summed E-state index contributed by atoms with van der Waals surface area (Å²) >= 11 is 0. The van der Waals surface area contributed by atoms with Gasteiger partial charge in [-0.15, -0.1) is 0 Å². The first-order valence-electron chi connectivity index (χ1n) is 8.16. The number of nitrogens with zero attached hydrogens (tertiary/aromatic N) is 1. The van der Waals surface area contributed by atoms with Crippen LogP contribution >= 0.6 is 0 Å². The van der Waals surface area contributed by atoms with Gasteiger partial charge in [0.05, 0.1) is 0 Å². The predicted molar refractivity (Wildman–Crippen MR) is 84.6 cm³/mol. The summed E-state index contributed by atoms with van der Waals surface area (Å²) in [4.78, 5) is 37.4. The molecule has 3 rings (SSSR count). The number of halogens is 1. The first-order valence-corrected chi connectivity index (χ1v) is 8.16. The summed E-state index contributed by atoms with van der Waals surface area (Å²) in [6, 6.07) is 5.85. The van der Waals surface area contributed by atoms with Crippen molar-refractivity contribution in [2.24, 2.45) is 0 Å². The van der Waals surface area contributed by atoms with Gasteiger partial charge in [-0.1, -0.05) is 31.0 Å². The topological polar surface area (TPSA) is 78.5 Å². The van der Waals surface area contributed by atoms with Crippen molar-refractivity contribution in [3.05, 3.63) is 35.6 Å². The van der Waals surface area contributed by atoms with Crippen LogP contribution in [0.4, 0.5) is 9.18 Å². The summed E-state index contributed by atoms with van der Waals surface area (Å²) in [6.45, 7) is -0.0573. The van der Waals surface area contributed by atoms with Gasteiger partial charge in [-0.05, 0) is 30.9 Å². The molecule has 2 fully saturated rings. The summed E-state index contributed by atoms with van der Waals surface area (Å²) in [5.41, 5.74) is -0.289. The van der Waals surface area contributed by atoms with Gasteiger partial charge in [0.1, 0.15) is 17.9 Å². The molecule has 0 aromatic heterocycles. The maximum Gasteiger partial charge on any atom is 0.325 e. The molecule has 0 bridgehead atoms. The van der Waals surface area contributed by atoms with Crippen LogP contribution in [0, 0.1) is 5.82 Å². The van der Waals surface area contributed by atoms with E-state index in [1.807, 2.05) is 0 Å². The molecule has 1 saturated heterocycles. The first-order chi connectivity index (χ1) is 11.5. The van der Waals surface area contributed by atoms with Crippen molar-refractivity contribution in [2.75, 3.05) is 13.1 Å². The summed E-state index contributed by atoms with van der Waals surface area (Å²) in [6.07, 6.45) is 3.40. The number of urea groups is 1. The SMILES string of the molecule is O=C(CN1C(=O)NC2(CCCC2)C1=O)NCCc1ccccc1F. The van der Waals surface area contributed by atoms with E-state index in [9.17, 15) is 18.8 Å². The van der Waals surface area contributed by atoms with Crippen LogP contribution in [0.1, 0.15) is 31.2 Å². The van der Waals surface area contributed by atoms with Crippen LogP contribution in [-0.2, 0) is 16.0 Å². The van der Waals surface area contributed by atoms with Gasteiger partial charge in [-0.25, -0.2) is 9.18 Å². The zero-order valence-electron chi connectivity index (χ0n) is 13.3. The minimum Gasteiger partial charge on any atom is -0.354 e. The maximum absolute atomic E-state index is 13.5. The minimum absolute atomic E-state index is 0.245. The molecule has 2 N–H and O–H groups in total. The fraction of sp³-hybridized carbons (Fsp3) is 0.471.